The smallest absolute Gasteiger partial charge is 0.350 e. The molecule has 0 saturated heterocycles. The summed E-state index contributed by atoms with van der Waals surface area (Å²) < 4.78 is 4.98. The summed E-state index contributed by atoms with van der Waals surface area (Å²) in [6, 6.07) is 8.72. The number of rotatable bonds is 3. The highest BCUT2D eigenvalue weighted by Gasteiger charge is 2.12. The third-order valence-electron chi connectivity index (χ3n) is 1.35. The number of nitro groups is 1. The Hall–Kier alpha value is -1.58. The highest BCUT2D eigenvalue weighted by atomic mass is 16.7. The first kappa shape index (κ1) is 8.52. The normalized spacial score (nSPS) is 12.1. The summed E-state index contributed by atoms with van der Waals surface area (Å²) in [5.41, 5.74) is 0. The molecular formula is C8H9NO3. The van der Waals surface area contributed by atoms with Crippen LogP contribution in [-0.2, 0) is 0 Å². The molecule has 4 heteroatoms. The maximum Gasteiger partial charge on any atom is 0.350 e. The van der Waals surface area contributed by atoms with E-state index in [0.717, 1.165) is 0 Å². The van der Waals surface area contributed by atoms with Crippen molar-refractivity contribution in [2.45, 2.75) is 13.2 Å². The van der Waals surface area contributed by atoms with Crippen molar-refractivity contribution in [3.05, 3.63) is 40.4 Å². The van der Waals surface area contributed by atoms with Crippen LogP contribution < -0.4 is 4.74 Å². The van der Waals surface area contributed by atoms with Crippen molar-refractivity contribution in [3.8, 4) is 5.75 Å². The molecule has 1 aromatic rings. The molecule has 0 bridgehead atoms. The SMILES string of the molecule is CC(Oc1ccccc1)[N+](=O)[O-]. The van der Waals surface area contributed by atoms with Gasteiger partial charge in [0.05, 0.1) is 4.92 Å². The number of benzene rings is 1. The van der Waals surface area contributed by atoms with Gasteiger partial charge in [0, 0.05) is 6.92 Å². The van der Waals surface area contributed by atoms with Crippen molar-refractivity contribution in [2.75, 3.05) is 0 Å². The van der Waals surface area contributed by atoms with E-state index in [4.69, 9.17) is 4.74 Å². The van der Waals surface area contributed by atoms with E-state index in [1.54, 1.807) is 24.3 Å². The lowest BCUT2D eigenvalue weighted by Crippen LogP contribution is -2.21. The van der Waals surface area contributed by atoms with E-state index >= 15 is 0 Å². The van der Waals surface area contributed by atoms with Gasteiger partial charge in [0.25, 0.3) is 0 Å². The Labute approximate surface area is 69.9 Å². The van der Waals surface area contributed by atoms with Gasteiger partial charge < -0.3 is 4.74 Å². The largest absolute Gasteiger partial charge is 0.430 e. The molecule has 0 aromatic heterocycles. The lowest BCUT2D eigenvalue weighted by atomic mass is 10.3. The van der Waals surface area contributed by atoms with Gasteiger partial charge in [0.1, 0.15) is 5.75 Å². The Kier molecular flexibility index (Phi) is 2.63. The summed E-state index contributed by atoms with van der Waals surface area (Å²) in [7, 11) is 0. The molecule has 1 unspecified atom stereocenters. The summed E-state index contributed by atoms with van der Waals surface area (Å²) in [6.45, 7) is 1.40. The number of nitrogens with zero attached hydrogens (tertiary/aromatic N) is 1. The zero-order valence-electron chi connectivity index (χ0n) is 6.64. The molecule has 4 nitrogen and oxygen atoms in total. The van der Waals surface area contributed by atoms with Gasteiger partial charge in [-0.05, 0) is 12.1 Å². The van der Waals surface area contributed by atoms with Crippen molar-refractivity contribution >= 4 is 0 Å². The second-order valence-corrected chi connectivity index (χ2v) is 2.32. The fourth-order valence-corrected chi connectivity index (χ4v) is 0.739. The van der Waals surface area contributed by atoms with Crippen LogP contribution >= 0.6 is 0 Å². The van der Waals surface area contributed by atoms with E-state index in [0.29, 0.717) is 5.75 Å². The van der Waals surface area contributed by atoms with E-state index in [1.807, 2.05) is 6.07 Å². The molecule has 64 valence electrons. The molecule has 0 heterocycles. The van der Waals surface area contributed by atoms with Crippen LogP contribution in [0.1, 0.15) is 6.92 Å². The molecule has 1 atom stereocenters. The molecule has 0 N–H and O–H groups in total. The summed E-state index contributed by atoms with van der Waals surface area (Å²) >= 11 is 0. The Morgan fingerprint density at radius 2 is 2.00 bits per heavy atom. The maximum absolute atomic E-state index is 10.2. The van der Waals surface area contributed by atoms with E-state index in [-0.39, 0.29) is 0 Å². The van der Waals surface area contributed by atoms with Gasteiger partial charge in [-0.25, -0.2) is 0 Å². The lowest BCUT2D eigenvalue weighted by molar-refractivity contribution is -0.557. The van der Waals surface area contributed by atoms with Crippen molar-refractivity contribution in [1.82, 2.24) is 0 Å². The van der Waals surface area contributed by atoms with Crippen LogP contribution in [0.4, 0.5) is 0 Å². The van der Waals surface area contributed by atoms with Crippen LogP contribution in [0.3, 0.4) is 0 Å². The molecule has 1 aromatic carbocycles. The third-order valence-corrected chi connectivity index (χ3v) is 1.35. The van der Waals surface area contributed by atoms with Crippen LogP contribution in [0.15, 0.2) is 30.3 Å². The molecule has 0 aliphatic carbocycles. The van der Waals surface area contributed by atoms with Gasteiger partial charge in [0.15, 0.2) is 0 Å². The molecule has 0 spiro atoms. The summed E-state index contributed by atoms with van der Waals surface area (Å²) in [5.74, 6) is 0.515. The zero-order chi connectivity index (χ0) is 8.97. The predicted molar refractivity (Wildman–Crippen MR) is 43.5 cm³/mol. The topological polar surface area (TPSA) is 52.4 Å². The fourth-order valence-electron chi connectivity index (χ4n) is 0.739. The first-order valence-corrected chi connectivity index (χ1v) is 3.55. The predicted octanol–water partition coefficient (Wildman–Crippen LogP) is 1.69. The summed E-state index contributed by atoms with van der Waals surface area (Å²) in [5, 5.41) is 10.2. The molecule has 0 amide bonds. The van der Waals surface area contributed by atoms with Crippen LogP contribution in [0.25, 0.3) is 0 Å². The highest BCUT2D eigenvalue weighted by molar-refractivity contribution is 5.20. The fraction of sp³-hybridized carbons (Fsp3) is 0.250. The minimum absolute atomic E-state index is 0.479. The first-order valence-electron chi connectivity index (χ1n) is 3.55. The lowest BCUT2D eigenvalue weighted by Gasteiger charge is -2.06. The first-order chi connectivity index (χ1) is 5.70. The Morgan fingerprint density at radius 1 is 1.42 bits per heavy atom. The van der Waals surface area contributed by atoms with Crippen molar-refractivity contribution in [3.63, 3.8) is 0 Å². The van der Waals surface area contributed by atoms with Gasteiger partial charge in [-0.2, -0.15) is 0 Å². The molecule has 0 radical (unpaired) electrons. The van der Waals surface area contributed by atoms with Crippen LogP contribution in [0.2, 0.25) is 0 Å². The number of hydrogen-bond acceptors (Lipinski definition) is 3. The molecule has 0 saturated carbocycles. The zero-order valence-corrected chi connectivity index (χ0v) is 6.64. The number of para-hydroxylation sites is 1. The minimum Gasteiger partial charge on any atom is -0.430 e. The van der Waals surface area contributed by atoms with Crippen molar-refractivity contribution < 1.29 is 9.66 Å². The molecule has 0 fully saturated rings. The van der Waals surface area contributed by atoms with Gasteiger partial charge in [-0.1, -0.05) is 18.2 Å². The molecule has 12 heavy (non-hydrogen) atoms. The Balaban J connectivity index is 2.58. The molecule has 0 aliphatic heterocycles. The standard InChI is InChI=1S/C8H9NO3/c1-7(9(10)11)12-8-5-3-2-4-6-8/h2-7H,1H3. The van der Waals surface area contributed by atoms with E-state index in [1.165, 1.54) is 6.92 Å². The van der Waals surface area contributed by atoms with Crippen LogP contribution in [0, 0.1) is 10.1 Å². The van der Waals surface area contributed by atoms with Crippen LogP contribution in [-0.4, -0.2) is 11.2 Å². The van der Waals surface area contributed by atoms with Gasteiger partial charge in [-0.15, -0.1) is 0 Å². The van der Waals surface area contributed by atoms with Gasteiger partial charge in [0.2, 0.25) is 0 Å². The van der Waals surface area contributed by atoms with E-state index in [9.17, 15) is 10.1 Å². The average molecular weight is 167 g/mol. The average Bonchev–Trinajstić information content (AvgIpc) is 2.06. The molecule has 0 aliphatic rings. The monoisotopic (exact) mass is 167 g/mol. The highest BCUT2D eigenvalue weighted by Crippen LogP contribution is 2.10. The van der Waals surface area contributed by atoms with Crippen LogP contribution in [0.5, 0.6) is 5.75 Å². The second-order valence-electron chi connectivity index (χ2n) is 2.32. The summed E-state index contributed by atoms with van der Waals surface area (Å²) in [4.78, 5) is 9.71. The van der Waals surface area contributed by atoms with Crippen molar-refractivity contribution in [1.29, 1.82) is 0 Å². The quantitative estimate of drug-likeness (QED) is 0.391. The van der Waals surface area contributed by atoms with Crippen molar-refractivity contribution in [2.24, 2.45) is 0 Å². The summed E-state index contributed by atoms with van der Waals surface area (Å²) in [6.07, 6.45) is -0.993. The number of hydrogen-bond donors (Lipinski definition) is 0. The molecular weight excluding hydrogens is 158 g/mol. The van der Waals surface area contributed by atoms with E-state index < -0.39 is 11.2 Å². The Bertz CT molecular complexity index is 260. The Morgan fingerprint density at radius 3 is 2.50 bits per heavy atom. The second kappa shape index (κ2) is 3.71. The molecule has 1 rings (SSSR count). The van der Waals surface area contributed by atoms with E-state index in [2.05, 4.69) is 0 Å². The third kappa shape index (κ3) is 2.23. The minimum atomic E-state index is -0.993. The van der Waals surface area contributed by atoms with Gasteiger partial charge >= 0.3 is 6.23 Å². The maximum atomic E-state index is 10.2. The number of ether oxygens (including phenoxy) is 1. The van der Waals surface area contributed by atoms with Gasteiger partial charge in [-0.3, -0.25) is 10.1 Å².